The summed E-state index contributed by atoms with van der Waals surface area (Å²) in [6.07, 6.45) is -5.20. The maximum Gasteiger partial charge on any atom is 0.417 e. The SMILES string of the molecule is CC[C@@H](COc1ccc(C(F)(F)F)cn1)Nc1ncnc(C(F)F)c1Cl. The molecule has 1 N–H and O–H groups in total. The van der Waals surface area contributed by atoms with Crippen molar-refractivity contribution in [3.63, 3.8) is 0 Å². The van der Waals surface area contributed by atoms with E-state index in [1.165, 1.54) is 0 Å². The fourth-order valence-corrected chi connectivity index (χ4v) is 2.15. The van der Waals surface area contributed by atoms with E-state index in [1.54, 1.807) is 6.92 Å². The molecule has 0 bridgehead atoms. The Morgan fingerprint density at radius 3 is 2.46 bits per heavy atom. The number of nitrogens with one attached hydrogen (secondary N) is 1. The molecule has 0 aliphatic carbocycles. The third-order valence-corrected chi connectivity index (χ3v) is 3.73. The van der Waals surface area contributed by atoms with Crippen molar-refractivity contribution in [2.24, 2.45) is 0 Å². The minimum Gasteiger partial charge on any atom is -0.475 e. The van der Waals surface area contributed by atoms with Crippen molar-refractivity contribution in [3.05, 3.63) is 40.9 Å². The lowest BCUT2D eigenvalue weighted by Crippen LogP contribution is -2.27. The van der Waals surface area contributed by atoms with Gasteiger partial charge in [-0.05, 0) is 12.5 Å². The number of alkyl halides is 5. The Morgan fingerprint density at radius 2 is 1.92 bits per heavy atom. The van der Waals surface area contributed by atoms with E-state index in [4.69, 9.17) is 16.3 Å². The monoisotopic (exact) mass is 396 g/mol. The highest BCUT2D eigenvalue weighted by molar-refractivity contribution is 6.33. The van der Waals surface area contributed by atoms with Gasteiger partial charge in [-0.3, -0.25) is 0 Å². The molecule has 0 aromatic carbocycles. The van der Waals surface area contributed by atoms with Crippen LogP contribution in [0.25, 0.3) is 0 Å². The summed E-state index contributed by atoms with van der Waals surface area (Å²) < 4.78 is 68.4. The van der Waals surface area contributed by atoms with Gasteiger partial charge < -0.3 is 10.1 Å². The van der Waals surface area contributed by atoms with Crippen molar-refractivity contribution >= 4 is 17.4 Å². The van der Waals surface area contributed by atoms with Crippen LogP contribution < -0.4 is 10.1 Å². The molecule has 0 amide bonds. The Balaban J connectivity index is 2.01. The fraction of sp³-hybridized carbons (Fsp3) is 0.400. The Labute approximate surface area is 150 Å². The van der Waals surface area contributed by atoms with Gasteiger partial charge in [-0.15, -0.1) is 0 Å². The van der Waals surface area contributed by atoms with Gasteiger partial charge in [-0.1, -0.05) is 18.5 Å². The normalized spacial score (nSPS) is 12.9. The molecule has 11 heteroatoms. The maximum absolute atomic E-state index is 12.8. The summed E-state index contributed by atoms with van der Waals surface area (Å²) in [6, 6.07) is 1.56. The van der Waals surface area contributed by atoms with E-state index in [0.717, 1.165) is 18.5 Å². The molecule has 2 aromatic heterocycles. The first-order valence-corrected chi connectivity index (χ1v) is 7.81. The Bertz CT molecular complexity index is 727. The second-order valence-electron chi connectivity index (χ2n) is 5.17. The van der Waals surface area contributed by atoms with Crippen molar-refractivity contribution in [1.29, 1.82) is 0 Å². The molecular weight excluding hydrogens is 383 g/mol. The predicted octanol–water partition coefficient (Wildman–Crippen LogP) is 4.75. The summed E-state index contributed by atoms with van der Waals surface area (Å²) in [4.78, 5) is 10.8. The zero-order chi connectivity index (χ0) is 19.3. The molecule has 0 aliphatic heterocycles. The highest BCUT2D eigenvalue weighted by atomic mass is 35.5. The third kappa shape index (κ3) is 5.13. The first-order valence-electron chi connectivity index (χ1n) is 7.43. The first-order chi connectivity index (χ1) is 12.2. The lowest BCUT2D eigenvalue weighted by Gasteiger charge is -2.19. The molecule has 2 rings (SSSR count). The highest BCUT2D eigenvalue weighted by Crippen LogP contribution is 2.30. The fourth-order valence-electron chi connectivity index (χ4n) is 1.91. The van der Waals surface area contributed by atoms with E-state index < -0.39 is 29.9 Å². The molecule has 2 aromatic rings. The van der Waals surface area contributed by atoms with E-state index in [2.05, 4.69) is 20.3 Å². The quantitative estimate of drug-likeness (QED) is 0.684. The largest absolute Gasteiger partial charge is 0.475 e. The molecule has 1 atom stereocenters. The van der Waals surface area contributed by atoms with Crippen LogP contribution in [-0.4, -0.2) is 27.6 Å². The summed E-state index contributed by atoms with van der Waals surface area (Å²) in [5.41, 5.74) is -1.48. The number of anilines is 1. The van der Waals surface area contributed by atoms with E-state index in [9.17, 15) is 22.0 Å². The van der Waals surface area contributed by atoms with Crippen LogP contribution in [0, 0.1) is 0 Å². The Hall–Kier alpha value is -2.23. The van der Waals surface area contributed by atoms with Crippen molar-refractivity contribution in [2.75, 3.05) is 11.9 Å². The van der Waals surface area contributed by atoms with Gasteiger partial charge in [0.2, 0.25) is 5.88 Å². The topological polar surface area (TPSA) is 59.9 Å². The molecule has 5 nitrogen and oxygen atoms in total. The van der Waals surface area contributed by atoms with Crippen LogP contribution in [0.2, 0.25) is 5.02 Å². The summed E-state index contributed by atoms with van der Waals surface area (Å²) in [7, 11) is 0. The number of ether oxygens (including phenoxy) is 1. The maximum atomic E-state index is 12.8. The van der Waals surface area contributed by atoms with Crippen molar-refractivity contribution in [2.45, 2.75) is 32.0 Å². The van der Waals surface area contributed by atoms with E-state index in [-0.39, 0.29) is 23.3 Å². The summed E-state index contributed by atoms with van der Waals surface area (Å²) in [6.45, 7) is 1.81. The molecule has 26 heavy (non-hydrogen) atoms. The first kappa shape index (κ1) is 20.1. The summed E-state index contributed by atoms with van der Waals surface area (Å²) >= 11 is 5.85. The van der Waals surface area contributed by atoms with Gasteiger partial charge in [-0.25, -0.2) is 23.7 Å². The zero-order valence-corrected chi connectivity index (χ0v) is 14.2. The molecule has 0 radical (unpaired) electrons. The molecular formula is C15H14ClF5N4O. The van der Waals surface area contributed by atoms with Crippen LogP contribution in [0.4, 0.5) is 27.8 Å². The van der Waals surface area contributed by atoms with Crippen molar-refractivity contribution in [3.8, 4) is 5.88 Å². The minimum absolute atomic E-state index is 0.000281. The highest BCUT2D eigenvalue weighted by Gasteiger charge is 2.30. The molecule has 0 spiro atoms. The van der Waals surface area contributed by atoms with Crippen LogP contribution >= 0.6 is 11.6 Å². The second kappa shape index (κ2) is 8.43. The smallest absolute Gasteiger partial charge is 0.417 e. The predicted molar refractivity (Wildman–Crippen MR) is 84.4 cm³/mol. The van der Waals surface area contributed by atoms with E-state index in [1.807, 2.05) is 0 Å². The number of hydrogen-bond donors (Lipinski definition) is 1. The third-order valence-electron chi connectivity index (χ3n) is 3.35. The van der Waals surface area contributed by atoms with Crippen LogP contribution in [0.3, 0.4) is 0 Å². The molecule has 0 unspecified atom stereocenters. The van der Waals surface area contributed by atoms with Crippen LogP contribution in [-0.2, 0) is 6.18 Å². The number of hydrogen-bond acceptors (Lipinski definition) is 5. The summed E-state index contributed by atoms with van der Waals surface area (Å²) in [5.74, 6) is 0.0214. The molecule has 0 saturated carbocycles. The van der Waals surface area contributed by atoms with Gasteiger partial charge in [0, 0.05) is 12.3 Å². The van der Waals surface area contributed by atoms with Gasteiger partial charge in [0.05, 0.1) is 11.6 Å². The standard InChI is InChI=1S/C15H14ClF5N4O/c1-2-9(25-14-11(16)12(13(17)18)23-7-24-14)6-26-10-4-3-8(5-22-10)15(19,20)21/h3-5,7,9,13H,2,6H2,1H3,(H,23,24,25)/t9-/m0/s1. The number of halogens is 6. The van der Waals surface area contributed by atoms with Gasteiger partial charge in [0.15, 0.2) is 0 Å². The lowest BCUT2D eigenvalue weighted by atomic mass is 10.2. The Kier molecular flexibility index (Phi) is 6.52. The lowest BCUT2D eigenvalue weighted by molar-refractivity contribution is -0.137. The van der Waals surface area contributed by atoms with Crippen LogP contribution in [0.5, 0.6) is 5.88 Å². The number of aromatic nitrogens is 3. The molecule has 0 fully saturated rings. The van der Waals surface area contributed by atoms with Crippen LogP contribution in [0.1, 0.15) is 31.0 Å². The second-order valence-corrected chi connectivity index (χ2v) is 5.54. The minimum atomic E-state index is -4.48. The average molecular weight is 397 g/mol. The van der Waals surface area contributed by atoms with Gasteiger partial charge in [-0.2, -0.15) is 13.2 Å². The van der Waals surface area contributed by atoms with Crippen molar-refractivity contribution in [1.82, 2.24) is 15.0 Å². The van der Waals surface area contributed by atoms with E-state index >= 15 is 0 Å². The zero-order valence-electron chi connectivity index (χ0n) is 13.4. The summed E-state index contributed by atoms with van der Waals surface area (Å²) in [5, 5.41) is 2.55. The molecule has 0 saturated heterocycles. The average Bonchev–Trinajstić information content (AvgIpc) is 2.59. The molecule has 2 heterocycles. The molecule has 142 valence electrons. The van der Waals surface area contributed by atoms with Gasteiger partial charge in [0.1, 0.15) is 29.5 Å². The molecule has 0 aliphatic rings. The number of rotatable bonds is 7. The van der Waals surface area contributed by atoms with E-state index in [0.29, 0.717) is 12.6 Å². The number of pyridine rings is 1. The van der Waals surface area contributed by atoms with Gasteiger partial charge >= 0.3 is 6.18 Å². The Morgan fingerprint density at radius 1 is 1.19 bits per heavy atom. The van der Waals surface area contributed by atoms with Crippen molar-refractivity contribution < 1.29 is 26.7 Å². The number of nitrogens with zero attached hydrogens (tertiary/aromatic N) is 3. The van der Waals surface area contributed by atoms with Gasteiger partial charge in [0.25, 0.3) is 6.43 Å². The van der Waals surface area contributed by atoms with Crippen LogP contribution in [0.15, 0.2) is 24.7 Å².